The van der Waals surface area contributed by atoms with Crippen molar-refractivity contribution in [1.29, 1.82) is 0 Å². The van der Waals surface area contributed by atoms with Crippen molar-refractivity contribution in [2.45, 2.75) is 0 Å². The van der Waals surface area contributed by atoms with E-state index in [4.69, 9.17) is 0 Å². The Morgan fingerprint density at radius 1 is 0.274 bits per heavy atom. The van der Waals surface area contributed by atoms with Gasteiger partial charge in [-0.1, -0.05) is 158 Å². The first-order valence-corrected chi connectivity index (χ1v) is 22.1. The van der Waals surface area contributed by atoms with Gasteiger partial charge in [-0.05, 0) is 154 Å². The molecule has 0 saturated carbocycles. The Morgan fingerprint density at radius 3 is 1.69 bits per heavy atom. The number of thiophene rings is 1. The molecule has 0 aliphatic carbocycles. The molecule has 0 amide bonds. The van der Waals surface area contributed by atoms with Crippen LogP contribution >= 0.6 is 11.3 Å². The van der Waals surface area contributed by atoms with E-state index in [0.717, 1.165) is 11.4 Å². The fourth-order valence-electron chi connectivity index (χ4n) is 9.92. The standard InChI is InChI=1S/C60H37NS/c1-2-12-43-37-59-56(35-42(43)11-1)60-57(18-9-19-58(60)62-59)61(48-29-26-38(27-30-48)44-24-23-41-22-21-40-10-3-5-14-50(40)54(41)34-44)49-31-28-39-20-25-46(32-47(39)33-49)55-36-45-13-4-6-15-51(45)52-16-7-8-17-53(52)55/h1-37H. The van der Waals surface area contributed by atoms with Gasteiger partial charge < -0.3 is 4.90 Å². The smallest absolute Gasteiger partial charge is 0.0554 e. The van der Waals surface area contributed by atoms with E-state index in [0.29, 0.717) is 0 Å². The Labute approximate surface area is 363 Å². The van der Waals surface area contributed by atoms with Crippen LogP contribution in [0.2, 0.25) is 0 Å². The Hall–Kier alpha value is -7.78. The Morgan fingerprint density at radius 2 is 0.871 bits per heavy atom. The molecule has 13 rings (SSSR count). The van der Waals surface area contributed by atoms with E-state index in [2.05, 4.69) is 229 Å². The maximum absolute atomic E-state index is 2.47. The lowest BCUT2D eigenvalue weighted by atomic mass is 9.92. The first-order chi connectivity index (χ1) is 30.7. The molecule has 288 valence electrons. The van der Waals surface area contributed by atoms with Crippen LogP contribution in [0.1, 0.15) is 0 Å². The zero-order valence-electron chi connectivity index (χ0n) is 33.7. The van der Waals surface area contributed by atoms with Crippen molar-refractivity contribution in [1.82, 2.24) is 0 Å². The number of hydrogen-bond donors (Lipinski definition) is 0. The van der Waals surface area contributed by atoms with Crippen molar-refractivity contribution in [3.63, 3.8) is 0 Å². The molecule has 1 heterocycles. The molecule has 0 bridgehead atoms. The number of benzene rings is 12. The number of fused-ring (bicyclic) bond motifs is 11. The lowest BCUT2D eigenvalue weighted by molar-refractivity contribution is 1.31. The monoisotopic (exact) mass is 803 g/mol. The summed E-state index contributed by atoms with van der Waals surface area (Å²) in [4.78, 5) is 2.47. The highest BCUT2D eigenvalue weighted by Gasteiger charge is 2.20. The van der Waals surface area contributed by atoms with Crippen molar-refractivity contribution in [3.8, 4) is 22.3 Å². The molecule has 0 fully saturated rings. The number of nitrogens with zero attached hydrogens (tertiary/aromatic N) is 1. The Kier molecular flexibility index (Phi) is 7.85. The summed E-state index contributed by atoms with van der Waals surface area (Å²) < 4.78 is 2.58. The first-order valence-electron chi connectivity index (χ1n) is 21.3. The molecule has 0 saturated heterocycles. The van der Waals surface area contributed by atoms with Gasteiger partial charge >= 0.3 is 0 Å². The van der Waals surface area contributed by atoms with Gasteiger partial charge in [0.05, 0.1) is 5.69 Å². The van der Waals surface area contributed by atoms with E-state index >= 15 is 0 Å². The third-order valence-electron chi connectivity index (χ3n) is 12.9. The second-order valence-electron chi connectivity index (χ2n) is 16.5. The molecule has 0 aliphatic rings. The minimum Gasteiger partial charge on any atom is -0.310 e. The normalized spacial score (nSPS) is 11.9. The zero-order valence-corrected chi connectivity index (χ0v) is 34.5. The maximum atomic E-state index is 2.47. The van der Waals surface area contributed by atoms with Crippen molar-refractivity contribution >= 4 is 113 Å². The molecule has 12 aromatic carbocycles. The number of hydrogen-bond acceptors (Lipinski definition) is 2. The topological polar surface area (TPSA) is 3.24 Å². The Balaban J connectivity index is 0.998. The van der Waals surface area contributed by atoms with E-state index in [1.165, 1.54) is 113 Å². The highest BCUT2D eigenvalue weighted by atomic mass is 32.1. The van der Waals surface area contributed by atoms with Crippen LogP contribution in [0, 0.1) is 0 Å². The highest BCUT2D eigenvalue weighted by Crippen LogP contribution is 2.47. The zero-order chi connectivity index (χ0) is 40.7. The third-order valence-corrected chi connectivity index (χ3v) is 14.1. The summed E-state index contributed by atoms with van der Waals surface area (Å²) in [7, 11) is 0. The van der Waals surface area contributed by atoms with Crippen LogP contribution in [0.25, 0.3) is 107 Å². The molecular formula is C60H37NS. The summed E-state index contributed by atoms with van der Waals surface area (Å²) in [6.45, 7) is 0. The van der Waals surface area contributed by atoms with Gasteiger partial charge in [0.2, 0.25) is 0 Å². The summed E-state index contributed by atoms with van der Waals surface area (Å²) in [5, 5.41) is 17.7. The molecule has 1 nitrogen and oxygen atoms in total. The minimum atomic E-state index is 1.11. The fraction of sp³-hybridized carbons (Fsp3) is 0. The van der Waals surface area contributed by atoms with Crippen molar-refractivity contribution in [3.05, 3.63) is 224 Å². The Bertz CT molecular complexity index is 3930. The number of anilines is 3. The molecule has 13 aromatic rings. The quantitative estimate of drug-likeness (QED) is 0.157. The van der Waals surface area contributed by atoms with Crippen LogP contribution in [0.4, 0.5) is 17.1 Å². The largest absolute Gasteiger partial charge is 0.310 e. The summed E-state index contributed by atoms with van der Waals surface area (Å²) in [6, 6.07) is 83.3. The van der Waals surface area contributed by atoms with E-state index < -0.39 is 0 Å². The predicted octanol–water partition coefficient (Wildman–Crippen LogP) is 17.8. The van der Waals surface area contributed by atoms with E-state index in [-0.39, 0.29) is 0 Å². The molecule has 0 atom stereocenters. The number of rotatable bonds is 5. The molecule has 1 aromatic heterocycles. The molecule has 0 aliphatic heterocycles. The fourth-order valence-corrected chi connectivity index (χ4v) is 11.1. The van der Waals surface area contributed by atoms with Gasteiger partial charge in [-0.15, -0.1) is 11.3 Å². The molecule has 0 radical (unpaired) electrons. The molecule has 0 N–H and O–H groups in total. The summed E-state index contributed by atoms with van der Waals surface area (Å²) in [5.74, 6) is 0. The molecule has 62 heavy (non-hydrogen) atoms. The van der Waals surface area contributed by atoms with Crippen molar-refractivity contribution in [2.24, 2.45) is 0 Å². The van der Waals surface area contributed by atoms with Crippen LogP contribution in [0.15, 0.2) is 224 Å². The van der Waals surface area contributed by atoms with E-state index in [9.17, 15) is 0 Å². The van der Waals surface area contributed by atoms with Gasteiger partial charge in [0.1, 0.15) is 0 Å². The van der Waals surface area contributed by atoms with E-state index in [1.807, 2.05) is 11.3 Å². The van der Waals surface area contributed by atoms with Gasteiger partial charge in [0, 0.05) is 31.5 Å². The summed E-state index contributed by atoms with van der Waals surface area (Å²) in [5.41, 5.74) is 8.28. The SMILES string of the molecule is c1ccc2cc3c(cc2c1)sc1cccc(N(c2ccc(-c4ccc5ccc6ccccc6c5c4)cc2)c2ccc4ccc(-c5cc6ccccc6c6ccccc56)cc4c2)c13. The highest BCUT2D eigenvalue weighted by molar-refractivity contribution is 7.26. The lowest BCUT2D eigenvalue weighted by Gasteiger charge is -2.27. The second kappa shape index (κ2) is 13.9. The van der Waals surface area contributed by atoms with Crippen LogP contribution in [0.5, 0.6) is 0 Å². The average Bonchev–Trinajstić information content (AvgIpc) is 3.71. The van der Waals surface area contributed by atoms with Crippen molar-refractivity contribution < 1.29 is 0 Å². The predicted molar refractivity (Wildman–Crippen MR) is 270 cm³/mol. The third kappa shape index (κ3) is 5.61. The molecule has 2 heteroatoms. The average molecular weight is 804 g/mol. The second-order valence-corrected chi connectivity index (χ2v) is 17.6. The van der Waals surface area contributed by atoms with Gasteiger partial charge in [-0.2, -0.15) is 0 Å². The summed E-state index contributed by atoms with van der Waals surface area (Å²) >= 11 is 1.88. The molecule has 0 spiro atoms. The molecular weight excluding hydrogens is 767 g/mol. The minimum absolute atomic E-state index is 1.11. The van der Waals surface area contributed by atoms with Crippen molar-refractivity contribution in [2.75, 3.05) is 4.90 Å². The lowest BCUT2D eigenvalue weighted by Crippen LogP contribution is -2.10. The van der Waals surface area contributed by atoms with Gasteiger partial charge in [-0.25, -0.2) is 0 Å². The summed E-state index contributed by atoms with van der Waals surface area (Å²) in [6.07, 6.45) is 0. The molecule has 0 unspecified atom stereocenters. The van der Waals surface area contributed by atoms with Gasteiger partial charge in [0.25, 0.3) is 0 Å². The van der Waals surface area contributed by atoms with E-state index in [1.54, 1.807) is 0 Å². The maximum Gasteiger partial charge on any atom is 0.0554 e. The van der Waals surface area contributed by atoms with Gasteiger partial charge in [-0.3, -0.25) is 0 Å². The van der Waals surface area contributed by atoms with Crippen LogP contribution in [-0.2, 0) is 0 Å². The first kappa shape index (κ1) is 35.0. The van der Waals surface area contributed by atoms with Gasteiger partial charge in [0.15, 0.2) is 0 Å². The van der Waals surface area contributed by atoms with Crippen LogP contribution in [-0.4, -0.2) is 0 Å². The van der Waals surface area contributed by atoms with Crippen LogP contribution in [0.3, 0.4) is 0 Å². The van der Waals surface area contributed by atoms with Crippen LogP contribution < -0.4 is 4.90 Å².